The number of nitrogens with zero attached hydrogens (tertiary/aromatic N) is 1. The van der Waals surface area contributed by atoms with E-state index in [9.17, 15) is 10.2 Å². The number of rotatable bonds is 6. The smallest absolute Gasteiger partial charge is 0.131 e. The Morgan fingerprint density at radius 2 is 1.53 bits per heavy atom. The lowest BCUT2D eigenvalue weighted by atomic mass is 9.75. The first-order valence-corrected chi connectivity index (χ1v) is 12.3. The van der Waals surface area contributed by atoms with Gasteiger partial charge in [0.05, 0.1) is 0 Å². The molecule has 178 valence electrons. The fraction of sp³-hybridized carbons (Fsp3) is 0.379. The highest BCUT2D eigenvalue weighted by molar-refractivity contribution is 5.48. The summed E-state index contributed by atoms with van der Waals surface area (Å²) in [6, 6.07) is 20.9. The number of hydrogen-bond acceptors (Lipinski definition) is 5. The zero-order valence-corrected chi connectivity index (χ0v) is 19.7. The Kier molecular flexibility index (Phi) is 6.63. The second-order valence-electron chi connectivity index (χ2n) is 9.49. The van der Waals surface area contributed by atoms with Crippen LogP contribution < -0.4 is 9.47 Å². The van der Waals surface area contributed by atoms with Gasteiger partial charge in [-0.25, -0.2) is 0 Å². The second kappa shape index (κ2) is 9.98. The molecule has 34 heavy (non-hydrogen) atoms. The third kappa shape index (κ3) is 4.85. The van der Waals surface area contributed by atoms with Gasteiger partial charge in [-0.3, -0.25) is 4.90 Å². The fourth-order valence-electron chi connectivity index (χ4n) is 5.33. The van der Waals surface area contributed by atoms with Gasteiger partial charge in [-0.2, -0.15) is 0 Å². The van der Waals surface area contributed by atoms with E-state index in [1.54, 1.807) is 24.3 Å². The van der Waals surface area contributed by atoms with Crippen LogP contribution in [-0.2, 0) is 0 Å². The SMILES string of the molecule is C[C@H]1c2ccc(O)cc2O[C@H](c2ccc(OCCN3CCCCC3)cc2)[C@@H]1c1ccc(O)cc1. The fourth-order valence-corrected chi connectivity index (χ4v) is 5.33. The van der Waals surface area contributed by atoms with Crippen LogP contribution in [-0.4, -0.2) is 41.4 Å². The molecule has 0 aliphatic carbocycles. The number of likely N-dealkylation sites (tertiary alicyclic amines) is 1. The first-order chi connectivity index (χ1) is 16.6. The first kappa shape index (κ1) is 22.6. The van der Waals surface area contributed by atoms with Crippen molar-refractivity contribution in [1.29, 1.82) is 0 Å². The van der Waals surface area contributed by atoms with E-state index in [0.717, 1.165) is 34.7 Å². The first-order valence-electron chi connectivity index (χ1n) is 12.3. The molecule has 0 saturated carbocycles. The van der Waals surface area contributed by atoms with Crippen molar-refractivity contribution in [3.05, 3.63) is 83.4 Å². The van der Waals surface area contributed by atoms with E-state index in [2.05, 4.69) is 24.0 Å². The van der Waals surface area contributed by atoms with Gasteiger partial charge in [0.1, 0.15) is 35.7 Å². The summed E-state index contributed by atoms with van der Waals surface area (Å²) in [4.78, 5) is 2.48. The Morgan fingerprint density at radius 3 is 2.26 bits per heavy atom. The molecule has 0 aromatic heterocycles. The van der Waals surface area contributed by atoms with Crippen molar-refractivity contribution >= 4 is 0 Å². The van der Waals surface area contributed by atoms with Gasteiger partial charge in [0.2, 0.25) is 0 Å². The highest BCUT2D eigenvalue weighted by Crippen LogP contribution is 2.51. The molecular weight excluding hydrogens is 426 g/mol. The highest BCUT2D eigenvalue weighted by atomic mass is 16.5. The molecule has 2 N–H and O–H groups in total. The third-order valence-corrected chi connectivity index (χ3v) is 7.22. The highest BCUT2D eigenvalue weighted by Gasteiger charge is 2.38. The van der Waals surface area contributed by atoms with Gasteiger partial charge in [-0.05, 0) is 78.9 Å². The molecule has 0 bridgehead atoms. The summed E-state index contributed by atoms with van der Waals surface area (Å²) in [5.41, 5.74) is 3.24. The van der Waals surface area contributed by atoms with Gasteiger partial charge in [0.15, 0.2) is 0 Å². The average Bonchev–Trinajstić information content (AvgIpc) is 2.86. The van der Waals surface area contributed by atoms with Gasteiger partial charge < -0.3 is 19.7 Å². The van der Waals surface area contributed by atoms with Gasteiger partial charge in [0, 0.05) is 18.5 Å². The Labute approximate surface area is 201 Å². The Morgan fingerprint density at radius 1 is 0.853 bits per heavy atom. The van der Waals surface area contributed by atoms with Crippen molar-refractivity contribution < 1.29 is 19.7 Å². The summed E-state index contributed by atoms with van der Waals surface area (Å²) < 4.78 is 12.5. The number of phenolic OH excluding ortho intramolecular Hbond substituents is 2. The normalized spacial score (nSPS) is 22.6. The van der Waals surface area contributed by atoms with Gasteiger partial charge >= 0.3 is 0 Å². The zero-order chi connectivity index (χ0) is 23.5. The summed E-state index contributed by atoms with van der Waals surface area (Å²) >= 11 is 0. The lowest BCUT2D eigenvalue weighted by molar-refractivity contribution is 0.136. The Balaban J connectivity index is 1.36. The van der Waals surface area contributed by atoms with Crippen LogP contribution in [0.2, 0.25) is 0 Å². The van der Waals surface area contributed by atoms with E-state index in [-0.39, 0.29) is 29.4 Å². The molecule has 2 aliphatic rings. The summed E-state index contributed by atoms with van der Waals surface area (Å²) in [5.74, 6) is 2.26. The van der Waals surface area contributed by atoms with Crippen LogP contribution in [0.5, 0.6) is 23.0 Å². The van der Waals surface area contributed by atoms with Crippen LogP contribution in [0.15, 0.2) is 66.7 Å². The number of benzene rings is 3. The molecule has 0 radical (unpaired) electrons. The van der Waals surface area contributed by atoms with Crippen LogP contribution in [0.3, 0.4) is 0 Å². The van der Waals surface area contributed by atoms with Crippen molar-refractivity contribution in [1.82, 2.24) is 4.90 Å². The average molecular weight is 460 g/mol. The number of hydrogen-bond donors (Lipinski definition) is 2. The predicted octanol–water partition coefficient (Wildman–Crippen LogP) is 5.98. The third-order valence-electron chi connectivity index (χ3n) is 7.22. The summed E-state index contributed by atoms with van der Waals surface area (Å²) in [7, 11) is 0. The standard InChI is InChI=1S/C29H33NO4/c1-20-26-14-11-24(32)19-27(26)34-29(28(20)21-5-9-23(31)10-6-21)22-7-12-25(13-8-22)33-18-17-30-15-3-2-4-16-30/h5-14,19-20,28-29,31-32H,2-4,15-18H2,1H3/t20-,28-,29+/m0/s1. The molecule has 5 rings (SSSR count). The molecular formula is C29H33NO4. The lowest BCUT2D eigenvalue weighted by Gasteiger charge is -2.39. The summed E-state index contributed by atoms with van der Waals surface area (Å²) in [5, 5.41) is 19.8. The number of phenols is 2. The van der Waals surface area contributed by atoms with Crippen LogP contribution in [0.25, 0.3) is 0 Å². The molecule has 5 heteroatoms. The van der Waals surface area contributed by atoms with Gasteiger partial charge in [-0.1, -0.05) is 43.7 Å². The predicted molar refractivity (Wildman–Crippen MR) is 133 cm³/mol. The molecule has 1 saturated heterocycles. The minimum Gasteiger partial charge on any atom is -0.508 e. The maximum Gasteiger partial charge on any atom is 0.131 e. The minimum absolute atomic E-state index is 0.0588. The summed E-state index contributed by atoms with van der Waals surface area (Å²) in [6.45, 7) is 6.21. The Bertz CT molecular complexity index is 1090. The molecule has 1 fully saturated rings. The van der Waals surface area contributed by atoms with E-state index in [1.807, 2.05) is 30.3 Å². The molecule has 0 spiro atoms. The van der Waals surface area contributed by atoms with Crippen molar-refractivity contribution in [3.63, 3.8) is 0 Å². The van der Waals surface area contributed by atoms with E-state index in [0.29, 0.717) is 6.61 Å². The van der Waals surface area contributed by atoms with Crippen LogP contribution >= 0.6 is 0 Å². The van der Waals surface area contributed by atoms with Crippen molar-refractivity contribution in [2.24, 2.45) is 0 Å². The number of fused-ring (bicyclic) bond motifs is 1. The number of ether oxygens (including phenoxy) is 2. The summed E-state index contributed by atoms with van der Waals surface area (Å²) in [6.07, 6.45) is 3.70. The molecule has 2 heterocycles. The van der Waals surface area contributed by atoms with Crippen molar-refractivity contribution in [3.8, 4) is 23.0 Å². The lowest BCUT2D eigenvalue weighted by Crippen LogP contribution is -2.33. The zero-order valence-electron chi connectivity index (χ0n) is 19.7. The monoisotopic (exact) mass is 459 g/mol. The van der Waals surface area contributed by atoms with Crippen molar-refractivity contribution in [2.75, 3.05) is 26.2 Å². The van der Waals surface area contributed by atoms with E-state index >= 15 is 0 Å². The molecule has 0 amide bonds. The maximum atomic E-state index is 10.0. The van der Waals surface area contributed by atoms with Crippen LogP contribution in [0, 0.1) is 0 Å². The molecule has 5 nitrogen and oxygen atoms in total. The van der Waals surface area contributed by atoms with Crippen LogP contribution in [0.1, 0.15) is 60.8 Å². The molecule has 2 aliphatic heterocycles. The molecule has 3 aromatic carbocycles. The molecule has 3 aromatic rings. The van der Waals surface area contributed by atoms with E-state index < -0.39 is 0 Å². The van der Waals surface area contributed by atoms with E-state index in [1.165, 1.54) is 32.4 Å². The maximum absolute atomic E-state index is 10.0. The quantitative estimate of drug-likeness (QED) is 0.475. The second-order valence-corrected chi connectivity index (χ2v) is 9.49. The Hall–Kier alpha value is -3.18. The van der Waals surface area contributed by atoms with E-state index in [4.69, 9.17) is 9.47 Å². The largest absolute Gasteiger partial charge is 0.508 e. The topological polar surface area (TPSA) is 62.2 Å². The number of aromatic hydroxyl groups is 2. The van der Waals surface area contributed by atoms with Crippen molar-refractivity contribution in [2.45, 2.75) is 44.1 Å². The minimum atomic E-state index is -0.226. The molecule has 0 unspecified atom stereocenters. The van der Waals surface area contributed by atoms with Gasteiger partial charge in [-0.15, -0.1) is 0 Å². The molecule has 3 atom stereocenters. The van der Waals surface area contributed by atoms with Crippen LogP contribution in [0.4, 0.5) is 0 Å². The van der Waals surface area contributed by atoms with Gasteiger partial charge in [0.25, 0.3) is 0 Å². The number of piperidine rings is 1.